The van der Waals surface area contributed by atoms with Crippen LogP contribution < -0.4 is 5.73 Å². The van der Waals surface area contributed by atoms with E-state index in [1.54, 1.807) is 0 Å². The zero-order valence-electron chi connectivity index (χ0n) is 8.98. The summed E-state index contributed by atoms with van der Waals surface area (Å²) in [6, 6.07) is 0.113. The Morgan fingerprint density at radius 3 is 2.53 bits per heavy atom. The van der Waals surface area contributed by atoms with Crippen LogP contribution in [-0.2, 0) is 14.6 Å². The average Bonchev–Trinajstić information content (AvgIpc) is 2.45. The molecule has 2 fully saturated rings. The van der Waals surface area contributed by atoms with Gasteiger partial charge in [0.05, 0.1) is 30.3 Å². The van der Waals surface area contributed by atoms with Crippen LogP contribution in [0.4, 0.5) is 0 Å². The normalized spacial score (nSPS) is 32.9. The van der Waals surface area contributed by atoms with Crippen LogP contribution in [0.1, 0.15) is 6.42 Å². The standard InChI is InChI=1S/C9H18N2O3S/c1-11(9(5-10)6-14-7-9)8-2-3-15(12,13)4-8/h8H,2-7,10H2,1H3. The Labute approximate surface area is 90.5 Å². The summed E-state index contributed by atoms with van der Waals surface area (Å²) in [7, 11) is -0.857. The fourth-order valence-corrected chi connectivity index (χ4v) is 4.05. The number of rotatable bonds is 3. The fraction of sp³-hybridized carbons (Fsp3) is 1.00. The first-order chi connectivity index (χ1) is 6.99. The highest BCUT2D eigenvalue weighted by atomic mass is 32.2. The van der Waals surface area contributed by atoms with Gasteiger partial charge in [-0.25, -0.2) is 8.42 Å². The molecule has 1 unspecified atom stereocenters. The monoisotopic (exact) mass is 234 g/mol. The van der Waals surface area contributed by atoms with Gasteiger partial charge < -0.3 is 10.5 Å². The first kappa shape index (κ1) is 11.3. The van der Waals surface area contributed by atoms with Crippen molar-refractivity contribution in [2.24, 2.45) is 5.73 Å². The molecular formula is C9H18N2O3S. The van der Waals surface area contributed by atoms with E-state index in [0.29, 0.717) is 25.5 Å². The molecule has 0 radical (unpaired) electrons. The summed E-state index contributed by atoms with van der Waals surface area (Å²) < 4.78 is 27.9. The van der Waals surface area contributed by atoms with Crippen molar-refractivity contribution >= 4 is 9.84 Å². The summed E-state index contributed by atoms with van der Waals surface area (Å²) in [5, 5.41) is 0. The van der Waals surface area contributed by atoms with Crippen molar-refractivity contribution in [3.8, 4) is 0 Å². The Kier molecular flexibility index (Phi) is 2.79. The number of hydrogen-bond acceptors (Lipinski definition) is 5. The summed E-state index contributed by atoms with van der Waals surface area (Å²) in [5.41, 5.74) is 5.61. The lowest BCUT2D eigenvalue weighted by Crippen LogP contribution is -2.67. The maximum absolute atomic E-state index is 11.4. The van der Waals surface area contributed by atoms with Crippen molar-refractivity contribution in [1.29, 1.82) is 0 Å². The minimum absolute atomic E-state index is 0.113. The van der Waals surface area contributed by atoms with E-state index in [1.165, 1.54) is 0 Å². The van der Waals surface area contributed by atoms with Gasteiger partial charge >= 0.3 is 0 Å². The van der Waals surface area contributed by atoms with E-state index in [0.717, 1.165) is 6.42 Å². The maximum atomic E-state index is 11.4. The van der Waals surface area contributed by atoms with Crippen molar-refractivity contribution in [3.63, 3.8) is 0 Å². The molecule has 0 aromatic heterocycles. The molecule has 2 saturated heterocycles. The van der Waals surface area contributed by atoms with Gasteiger partial charge in [0.1, 0.15) is 0 Å². The molecule has 0 aliphatic carbocycles. The Morgan fingerprint density at radius 2 is 2.20 bits per heavy atom. The third kappa shape index (κ3) is 1.91. The minimum atomic E-state index is -2.82. The molecule has 0 spiro atoms. The molecule has 5 nitrogen and oxygen atoms in total. The second-order valence-corrected chi connectivity index (χ2v) is 6.82. The third-order valence-corrected chi connectivity index (χ3v) is 5.38. The van der Waals surface area contributed by atoms with Gasteiger partial charge in [0.25, 0.3) is 0 Å². The molecule has 1 atom stereocenters. The molecule has 0 aromatic rings. The Bertz CT molecular complexity index is 332. The lowest BCUT2D eigenvalue weighted by molar-refractivity contribution is -0.136. The van der Waals surface area contributed by atoms with Gasteiger partial charge in [-0.05, 0) is 13.5 Å². The lowest BCUT2D eigenvalue weighted by atomic mass is 9.93. The highest BCUT2D eigenvalue weighted by Gasteiger charge is 2.46. The zero-order chi connectivity index (χ0) is 11.1. The first-order valence-corrected chi connectivity index (χ1v) is 7.02. The van der Waals surface area contributed by atoms with Crippen LogP contribution in [0, 0.1) is 0 Å². The average molecular weight is 234 g/mol. The van der Waals surface area contributed by atoms with Gasteiger partial charge in [-0.15, -0.1) is 0 Å². The van der Waals surface area contributed by atoms with Gasteiger partial charge in [0.15, 0.2) is 9.84 Å². The molecule has 0 saturated carbocycles. The van der Waals surface area contributed by atoms with E-state index >= 15 is 0 Å². The van der Waals surface area contributed by atoms with Gasteiger partial charge in [0, 0.05) is 12.6 Å². The second-order valence-electron chi connectivity index (χ2n) is 4.59. The highest BCUT2D eigenvalue weighted by molar-refractivity contribution is 7.91. The van der Waals surface area contributed by atoms with E-state index in [2.05, 4.69) is 4.90 Å². The number of nitrogens with zero attached hydrogens (tertiary/aromatic N) is 1. The zero-order valence-corrected chi connectivity index (χ0v) is 9.79. The summed E-state index contributed by atoms with van der Waals surface area (Å²) in [5.74, 6) is 0.578. The molecule has 2 N–H and O–H groups in total. The van der Waals surface area contributed by atoms with Gasteiger partial charge in [-0.2, -0.15) is 0 Å². The lowest BCUT2D eigenvalue weighted by Gasteiger charge is -2.49. The van der Waals surface area contributed by atoms with E-state index in [-0.39, 0.29) is 17.3 Å². The number of hydrogen-bond donors (Lipinski definition) is 1. The number of ether oxygens (including phenoxy) is 1. The highest BCUT2D eigenvalue weighted by Crippen LogP contribution is 2.28. The fourth-order valence-electron chi connectivity index (χ4n) is 2.27. The minimum Gasteiger partial charge on any atom is -0.377 e. The van der Waals surface area contributed by atoms with Crippen LogP contribution in [0.3, 0.4) is 0 Å². The predicted molar refractivity (Wildman–Crippen MR) is 57.4 cm³/mol. The maximum Gasteiger partial charge on any atom is 0.151 e. The largest absolute Gasteiger partial charge is 0.377 e. The van der Waals surface area contributed by atoms with Gasteiger partial charge in [0.2, 0.25) is 0 Å². The number of likely N-dealkylation sites (N-methyl/N-ethyl adjacent to an activating group) is 1. The summed E-state index contributed by atoms with van der Waals surface area (Å²) in [4.78, 5) is 2.11. The number of nitrogens with two attached hydrogens (primary N) is 1. The van der Waals surface area contributed by atoms with Crippen molar-refractivity contribution in [3.05, 3.63) is 0 Å². The van der Waals surface area contributed by atoms with Crippen LogP contribution in [-0.4, -0.2) is 63.2 Å². The van der Waals surface area contributed by atoms with E-state index in [1.807, 2.05) is 7.05 Å². The van der Waals surface area contributed by atoms with Crippen LogP contribution in [0.2, 0.25) is 0 Å². The SMILES string of the molecule is CN(C1CCS(=O)(=O)C1)C1(CN)COC1. The van der Waals surface area contributed by atoms with Crippen LogP contribution in [0.25, 0.3) is 0 Å². The topological polar surface area (TPSA) is 72.6 Å². The van der Waals surface area contributed by atoms with Gasteiger partial charge in [-0.3, -0.25) is 4.90 Å². The van der Waals surface area contributed by atoms with Crippen LogP contribution in [0.15, 0.2) is 0 Å². The Morgan fingerprint density at radius 1 is 1.53 bits per heavy atom. The molecule has 6 heteroatoms. The summed E-state index contributed by atoms with van der Waals surface area (Å²) in [6.45, 7) is 1.77. The summed E-state index contributed by atoms with van der Waals surface area (Å²) in [6.07, 6.45) is 0.723. The van der Waals surface area contributed by atoms with E-state index < -0.39 is 9.84 Å². The summed E-state index contributed by atoms with van der Waals surface area (Å²) >= 11 is 0. The molecular weight excluding hydrogens is 216 g/mol. The Balaban J connectivity index is 2.05. The third-order valence-electron chi connectivity index (χ3n) is 3.63. The molecule has 2 rings (SSSR count). The predicted octanol–water partition coefficient (Wildman–Crippen LogP) is -1.17. The molecule has 88 valence electrons. The van der Waals surface area contributed by atoms with Gasteiger partial charge in [-0.1, -0.05) is 0 Å². The van der Waals surface area contributed by atoms with Crippen molar-refractivity contribution in [2.45, 2.75) is 18.0 Å². The van der Waals surface area contributed by atoms with Crippen molar-refractivity contribution in [1.82, 2.24) is 4.90 Å². The van der Waals surface area contributed by atoms with E-state index in [4.69, 9.17) is 10.5 Å². The van der Waals surface area contributed by atoms with Crippen molar-refractivity contribution in [2.75, 3.05) is 38.3 Å². The van der Waals surface area contributed by atoms with Crippen LogP contribution >= 0.6 is 0 Å². The molecule has 2 heterocycles. The Hall–Kier alpha value is -0.170. The number of sulfone groups is 1. The molecule has 15 heavy (non-hydrogen) atoms. The molecule has 0 aromatic carbocycles. The smallest absolute Gasteiger partial charge is 0.151 e. The van der Waals surface area contributed by atoms with Crippen LogP contribution in [0.5, 0.6) is 0 Å². The molecule has 2 aliphatic rings. The molecule has 2 aliphatic heterocycles. The molecule has 0 bridgehead atoms. The first-order valence-electron chi connectivity index (χ1n) is 5.20. The van der Waals surface area contributed by atoms with Crippen molar-refractivity contribution < 1.29 is 13.2 Å². The van der Waals surface area contributed by atoms with E-state index in [9.17, 15) is 8.42 Å². The second kappa shape index (κ2) is 3.69. The quantitative estimate of drug-likeness (QED) is 0.666. The molecule has 0 amide bonds.